The summed E-state index contributed by atoms with van der Waals surface area (Å²) < 4.78 is 0. The van der Waals surface area contributed by atoms with E-state index in [9.17, 15) is 44.7 Å². The molecule has 9 heteroatoms. The van der Waals surface area contributed by atoms with Crippen molar-refractivity contribution in [3.63, 3.8) is 0 Å². The maximum absolute atomic E-state index is 14.5. The molecule has 0 amide bonds. The van der Waals surface area contributed by atoms with Gasteiger partial charge in [-0.25, -0.2) is 0 Å². The fourth-order valence-electron chi connectivity index (χ4n) is 8.12. The van der Waals surface area contributed by atoms with Gasteiger partial charge in [-0.3, -0.25) is 19.2 Å². The van der Waals surface area contributed by atoms with E-state index >= 15 is 0 Å². The Bertz CT molecular complexity index is 1490. The topological polar surface area (TPSA) is 169 Å². The van der Waals surface area contributed by atoms with Crippen LogP contribution in [0.1, 0.15) is 90.0 Å². The van der Waals surface area contributed by atoms with E-state index in [1.165, 1.54) is 6.92 Å². The van der Waals surface area contributed by atoms with Gasteiger partial charge in [0.25, 0.3) is 0 Å². The second-order valence-electron chi connectivity index (χ2n) is 13.6. The van der Waals surface area contributed by atoms with E-state index in [4.69, 9.17) is 0 Å². The second kappa shape index (κ2) is 9.88. The Balaban J connectivity index is 2.08. The zero-order chi connectivity index (χ0) is 32.0. The van der Waals surface area contributed by atoms with Crippen molar-refractivity contribution >= 4 is 28.9 Å². The van der Waals surface area contributed by atoms with Crippen molar-refractivity contribution < 1.29 is 44.7 Å². The Morgan fingerprint density at radius 3 is 2.12 bits per heavy atom. The van der Waals surface area contributed by atoms with Gasteiger partial charge in [-0.15, -0.1) is 0 Å². The highest BCUT2D eigenvalue weighted by Crippen LogP contribution is 2.67. The van der Waals surface area contributed by atoms with Crippen LogP contribution in [0.5, 0.6) is 5.75 Å². The zero-order valence-electron chi connectivity index (χ0n) is 25.7. The van der Waals surface area contributed by atoms with Crippen molar-refractivity contribution in [2.75, 3.05) is 0 Å². The van der Waals surface area contributed by atoms with Gasteiger partial charge in [-0.2, -0.15) is 0 Å². The molecular formula is C33H42O9. The monoisotopic (exact) mass is 582 g/mol. The van der Waals surface area contributed by atoms with Crippen LogP contribution in [-0.2, 0) is 25.6 Å². The Hall–Kier alpha value is -3.30. The fraction of sp³-hybridized carbons (Fsp3) is 0.576. The number of benzene rings is 1. The summed E-state index contributed by atoms with van der Waals surface area (Å²) in [7, 11) is 0. The number of aromatic hydroxyl groups is 1. The number of carbonyl (C=O) groups excluding carboxylic acids is 4. The van der Waals surface area contributed by atoms with Crippen molar-refractivity contribution in [2.24, 2.45) is 28.6 Å². The van der Waals surface area contributed by atoms with E-state index in [0.717, 1.165) is 6.92 Å². The zero-order valence-corrected chi connectivity index (χ0v) is 25.7. The van der Waals surface area contributed by atoms with Crippen LogP contribution in [0.3, 0.4) is 0 Å². The first-order chi connectivity index (χ1) is 19.2. The number of aliphatic hydroxyl groups is 4. The first-order valence-electron chi connectivity index (χ1n) is 14.5. The molecule has 9 nitrogen and oxygen atoms in total. The summed E-state index contributed by atoms with van der Waals surface area (Å²) >= 11 is 0. The molecule has 1 aromatic carbocycles. The van der Waals surface area contributed by atoms with Crippen molar-refractivity contribution in [3.8, 4) is 5.75 Å². The highest BCUT2D eigenvalue weighted by Gasteiger charge is 2.77. The van der Waals surface area contributed by atoms with Crippen LogP contribution in [0.2, 0.25) is 0 Å². The van der Waals surface area contributed by atoms with Crippen molar-refractivity contribution in [1.29, 1.82) is 0 Å². The molecule has 0 heterocycles. The highest BCUT2D eigenvalue weighted by molar-refractivity contribution is 6.24. The van der Waals surface area contributed by atoms with Gasteiger partial charge >= 0.3 is 0 Å². The SMILES string of the molecule is CC(=O)C1=C(O)[C@]2(O)C(=O)C3=C(O)c4c(cc(C)c(CC(=O)CC(C)C)c4O)[C@@H](C)[C@]3(C)[C@@H](O)[C@]2(C)C(C(C)C)C1=O. The van der Waals surface area contributed by atoms with Crippen LogP contribution in [0.25, 0.3) is 5.76 Å². The molecule has 1 fully saturated rings. The Kier molecular flexibility index (Phi) is 7.44. The molecule has 0 radical (unpaired) electrons. The van der Waals surface area contributed by atoms with Crippen LogP contribution in [0.15, 0.2) is 23.0 Å². The Labute approximate surface area is 246 Å². The number of allylic oxidation sites excluding steroid dienone is 1. The number of phenolic OH excluding ortho intramolecular Hbond substituents is 1. The lowest BCUT2D eigenvalue weighted by Crippen LogP contribution is -2.75. The number of carbonyl (C=O) groups is 4. The quantitative estimate of drug-likeness (QED) is 0.309. The lowest BCUT2D eigenvalue weighted by molar-refractivity contribution is -0.215. The summed E-state index contributed by atoms with van der Waals surface area (Å²) in [6.45, 7) is 14.5. The predicted octanol–water partition coefficient (Wildman–Crippen LogP) is 4.19. The molecule has 3 aliphatic rings. The average Bonchev–Trinajstić information content (AvgIpc) is 2.86. The summed E-state index contributed by atoms with van der Waals surface area (Å²) in [5, 5.41) is 59.0. The number of fused-ring (bicyclic) bond motifs is 3. The van der Waals surface area contributed by atoms with Gasteiger partial charge < -0.3 is 25.5 Å². The number of rotatable bonds is 6. The van der Waals surface area contributed by atoms with E-state index in [2.05, 4.69) is 0 Å². The van der Waals surface area contributed by atoms with Crippen LogP contribution in [0.4, 0.5) is 0 Å². The van der Waals surface area contributed by atoms with Gasteiger partial charge in [-0.05, 0) is 42.7 Å². The minimum absolute atomic E-state index is 0.0942. The van der Waals surface area contributed by atoms with Crippen molar-refractivity contribution in [2.45, 2.75) is 92.8 Å². The number of aliphatic hydroxyl groups excluding tert-OH is 3. The molecule has 0 aliphatic heterocycles. The number of aryl methyl sites for hydroxylation is 1. The van der Waals surface area contributed by atoms with E-state index in [1.807, 2.05) is 13.8 Å². The number of ketones is 4. The molecule has 1 aromatic rings. The smallest absolute Gasteiger partial charge is 0.203 e. The van der Waals surface area contributed by atoms with E-state index in [-0.39, 0.29) is 35.9 Å². The first-order valence-corrected chi connectivity index (χ1v) is 14.5. The minimum atomic E-state index is -2.94. The van der Waals surface area contributed by atoms with Gasteiger partial charge in [-0.1, -0.05) is 54.5 Å². The summed E-state index contributed by atoms with van der Waals surface area (Å²) in [5.74, 6) is -7.59. The third kappa shape index (κ3) is 3.75. The van der Waals surface area contributed by atoms with Gasteiger partial charge in [0.2, 0.25) is 5.78 Å². The van der Waals surface area contributed by atoms with Crippen LogP contribution < -0.4 is 0 Å². The molecule has 0 saturated heterocycles. The molecule has 1 saturated carbocycles. The normalized spacial score (nSPS) is 32.7. The molecule has 4 rings (SSSR count). The molecule has 228 valence electrons. The Morgan fingerprint density at radius 2 is 1.62 bits per heavy atom. The number of hydrogen-bond acceptors (Lipinski definition) is 9. The third-order valence-electron chi connectivity index (χ3n) is 10.3. The summed E-state index contributed by atoms with van der Waals surface area (Å²) in [5.41, 5.74) is -6.47. The van der Waals surface area contributed by atoms with Crippen LogP contribution in [0, 0.1) is 35.5 Å². The largest absolute Gasteiger partial charge is 0.508 e. The number of phenols is 1. The van der Waals surface area contributed by atoms with Gasteiger partial charge in [0, 0.05) is 35.2 Å². The summed E-state index contributed by atoms with van der Waals surface area (Å²) in [6.07, 6.45) is -1.50. The fourth-order valence-corrected chi connectivity index (χ4v) is 8.12. The van der Waals surface area contributed by atoms with E-state index < -0.39 is 80.3 Å². The lowest BCUT2D eigenvalue weighted by atomic mass is 9.40. The predicted molar refractivity (Wildman–Crippen MR) is 155 cm³/mol. The van der Waals surface area contributed by atoms with Crippen LogP contribution >= 0.6 is 0 Å². The molecule has 0 bridgehead atoms. The van der Waals surface area contributed by atoms with Gasteiger partial charge in [0.1, 0.15) is 28.6 Å². The molecule has 6 atom stereocenters. The highest BCUT2D eigenvalue weighted by atomic mass is 16.4. The Morgan fingerprint density at radius 1 is 1.05 bits per heavy atom. The van der Waals surface area contributed by atoms with Crippen molar-refractivity contribution in [3.05, 3.63) is 45.2 Å². The number of hydrogen-bond donors (Lipinski definition) is 5. The lowest BCUT2D eigenvalue weighted by Gasteiger charge is -2.63. The molecule has 42 heavy (non-hydrogen) atoms. The summed E-state index contributed by atoms with van der Waals surface area (Å²) in [6, 6.07) is 1.72. The third-order valence-corrected chi connectivity index (χ3v) is 10.3. The van der Waals surface area contributed by atoms with Crippen LogP contribution in [-0.4, -0.2) is 60.4 Å². The molecule has 0 aromatic heterocycles. The maximum Gasteiger partial charge on any atom is 0.203 e. The summed E-state index contributed by atoms with van der Waals surface area (Å²) in [4.78, 5) is 53.4. The van der Waals surface area contributed by atoms with Gasteiger partial charge in [0.15, 0.2) is 17.2 Å². The maximum atomic E-state index is 14.5. The second-order valence-corrected chi connectivity index (χ2v) is 13.6. The molecule has 0 spiro atoms. The van der Waals surface area contributed by atoms with E-state index in [1.54, 1.807) is 40.7 Å². The first kappa shape index (κ1) is 31.6. The molecule has 3 aliphatic carbocycles. The minimum Gasteiger partial charge on any atom is -0.508 e. The molecule has 5 N–H and O–H groups in total. The standard InChI is InChI=1S/C33H42O9/c1-13(2)10-18(35)12-19-15(5)11-20-16(6)31(8)24(27(38)22(20)25(19)36)29(40)33(42)28(39)21(17(7)34)26(37)23(14(3)4)32(33,9)30(31)41/h11,13-14,16,23,30,36,38-39,41-42H,10,12H2,1-9H3/t16-,23?,30-,31+,32+,33+/m1/s1. The number of Topliss-reactive ketones (excluding diaryl/α,β-unsaturated/α-hetero) is 4. The van der Waals surface area contributed by atoms with Crippen molar-refractivity contribution in [1.82, 2.24) is 0 Å². The molecule has 1 unspecified atom stereocenters. The van der Waals surface area contributed by atoms with E-state index in [0.29, 0.717) is 16.7 Å². The van der Waals surface area contributed by atoms with Gasteiger partial charge in [0.05, 0.1) is 17.2 Å². The molecular weight excluding hydrogens is 540 g/mol. The average molecular weight is 583 g/mol.